The summed E-state index contributed by atoms with van der Waals surface area (Å²) in [5.41, 5.74) is 0.695. The molecular formula is C14H12CaO4. The van der Waals surface area contributed by atoms with Crippen molar-refractivity contribution in [1.82, 2.24) is 0 Å². The summed E-state index contributed by atoms with van der Waals surface area (Å²) in [6, 6.07) is 13.3. The minimum absolute atomic E-state index is 0. The van der Waals surface area contributed by atoms with Crippen LogP contribution in [0.4, 0.5) is 0 Å². The number of aromatic carboxylic acids is 2. The first-order valence-corrected chi connectivity index (χ1v) is 5.26. The molecule has 0 aliphatic heterocycles. The summed E-state index contributed by atoms with van der Waals surface area (Å²) in [6.45, 7) is 0. The van der Waals surface area contributed by atoms with Gasteiger partial charge in [0.1, 0.15) is 0 Å². The van der Waals surface area contributed by atoms with Gasteiger partial charge in [-0.15, -0.1) is 0 Å². The van der Waals surface area contributed by atoms with Gasteiger partial charge in [0.2, 0.25) is 0 Å². The van der Waals surface area contributed by atoms with E-state index in [0.717, 1.165) is 0 Å². The van der Waals surface area contributed by atoms with Crippen LogP contribution in [0.1, 0.15) is 20.7 Å². The van der Waals surface area contributed by atoms with Gasteiger partial charge in [-0.1, -0.05) is 42.5 Å². The van der Waals surface area contributed by atoms with Crippen molar-refractivity contribution in [3.8, 4) is 11.1 Å². The molecule has 2 rings (SSSR count). The first-order valence-electron chi connectivity index (χ1n) is 5.26. The number of carboxylic acid groups (broad SMARTS) is 2. The monoisotopic (exact) mass is 284 g/mol. The molecular weight excluding hydrogens is 272 g/mol. The van der Waals surface area contributed by atoms with E-state index < -0.39 is 11.9 Å². The molecule has 0 radical (unpaired) electrons. The molecule has 0 spiro atoms. The summed E-state index contributed by atoms with van der Waals surface area (Å²) in [7, 11) is 0. The number of carbonyl (C=O) groups is 2. The van der Waals surface area contributed by atoms with Crippen LogP contribution >= 0.6 is 0 Å². The molecule has 2 aromatic rings. The van der Waals surface area contributed by atoms with Crippen LogP contribution < -0.4 is 0 Å². The molecule has 0 unspecified atom stereocenters. The minimum atomic E-state index is -1.25. The van der Waals surface area contributed by atoms with E-state index in [0.29, 0.717) is 11.1 Å². The number of carboxylic acids is 2. The number of hydrogen-bond donors (Lipinski definition) is 2. The van der Waals surface area contributed by atoms with Crippen LogP contribution in [0, 0.1) is 0 Å². The predicted octanol–water partition coefficient (Wildman–Crippen LogP) is 1.83. The normalized spacial score (nSPS) is 9.47. The van der Waals surface area contributed by atoms with E-state index in [4.69, 9.17) is 5.11 Å². The van der Waals surface area contributed by atoms with Crippen LogP contribution in [-0.4, -0.2) is 59.9 Å². The van der Waals surface area contributed by atoms with Gasteiger partial charge in [-0.05, 0) is 17.2 Å². The molecule has 2 aromatic carbocycles. The number of rotatable bonds is 3. The molecule has 94 valence electrons. The van der Waals surface area contributed by atoms with Gasteiger partial charge in [-0.25, -0.2) is 9.59 Å². The molecule has 4 nitrogen and oxygen atoms in total. The Bertz CT molecular complexity index is 608. The van der Waals surface area contributed by atoms with Crippen molar-refractivity contribution in [2.75, 3.05) is 0 Å². The van der Waals surface area contributed by atoms with Gasteiger partial charge >= 0.3 is 49.7 Å². The van der Waals surface area contributed by atoms with Crippen molar-refractivity contribution in [2.45, 2.75) is 0 Å². The van der Waals surface area contributed by atoms with Crippen molar-refractivity contribution < 1.29 is 19.8 Å². The van der Waals surface area contributed by atoms with E-state index in [2.05, 4.69) is 0 Å². The molecule has 0 fully saturated rings. The van der Waals surface area contributed by atoms with Gasteiger partial charge in [-0.3, -0.25) is 0 Å². The van der Waals surface area contributed by atoms with Crippen LogP contribution in [0.3, 0.4) is 0 Å². The Morgan fingerprint density at radius 1 is 0.789 bits per heavy atom. The zero-order valence-corrected chi connectivity index (χ0v) is 9.33. The second-order valence-electron chi connectivity index (χ2n) is 3.70. The Labute approximate surface area is 139 Å². The van der Waals surface area contributed by atoms with E-state index in [1.165, 1.54) is 12.1 Å². The molecule has 2 N–H and O–H groups in total. The Hall–Kier alpha value is -1.36. The van der Waals surface area contributed by atoms with E-state index in [1.807, 2.05) is 6.07 Å². The summed E-state index contributed by atoms with van der Waals surface area (Å²) in [5.74, 6) is -2.49. The van der Waals surface area contributed by atoms with Crippen LogP contribution in [0.25, 0.3) is 11.1 Å². The summed E-state index contributed by atoms with van der Waals surface area (Å²) < 4.78 is 0. The fourth-order valence-corrected chi connectivity index (χ4v) is 1.82. The van der Waals surface area contributed by atoms with Gasteiger partial charge in [0.15, 0.2) is 0 Å². The van der Waals surface area contributed by atoms with Gasteiger partial charge in [0, 0.05) is 0 Å². The van der Waals surface area contributed by atoms with Gasteiger partial charge < -0.3 is 10.2 Å². The second kappa shape index (κ2) is 6.70. The zero-order valence-electron chi connectivity index (χ0n) is 9.33. The summed E-state index contributed by atoms with van der Waals surface area (Å²) in [4.78, 5) is 22.3. The van der Waals surface area contributed by atoms with E-state index in [1.54, 1.807) is 30.3 Å². The summed E-state index contributed by atoms with van der Waals surface area (Å²) in [5, 5.41) is 18.2. The third-order valence-corrected chi connectivity index (χ3v) is 2.59. The van der Waals surface area contributed by atoms with E-state index in [9.17, 15) is 14.7 Å². The summed E-state index contributed by atoms with van der Waals surface area (Å²) in [6.07, 6.45) is 0. The molecule has 0 saturated carbocycles. The Kier molecular flexibility index (Phi) is 5.54. The Morgan fingerprint density at radius 2 is 1.42 bits per heavy atom. The maximum absolute atomic E-state index is 11.3. The van der Waals surface area contributed by atoms with Crippen LogP contribution in [0.2, 0.25) is 0 Å². The predicted molar refractivity (Wildman–Crippen MR) is 74.3 cm³/mol. The molecule has 0 aliphatic carbocycles. The topological polar surface area (TPSA) is 74.6 Å². The third-order valence-electron chi connectivity index (χ3n) is 2.59. The SMILES string of the molecule is O=C(O)c1cccc(-c2ccccc2)c1C(=O)O.[CaH2]. The van der Waals surface area contributed by atoms with Crippen LogP contribution in [0.15, 0.2) is 48.5 Å². The van der Waals surface area contributed by atoms with Crippen molar-refractivity contribution in [2.24, 2.45) is 0 Å². The molecule has 0 saturated heterocycles. The molecule has 0 aromatic heterocycles. The molecule has 0 bridgehead atoms. The van der Waals surface area contributed by atoms with Gasteiger partial charge in [0.25, 0.3) is 0 Å². The van der Waals surface area contributed by atoms with Gasteiger partial charge in [-0.2, -0.15) is 0 Å². The molecule has 0 atom stereocenters. The van der Waals surface area contributed by atoms with Gasteiger partial charge in [0.05, 0.1) is 11.1 Å². The average molecular weight is 284 g/mol. The first-order chi connectivity index (χ1) is 8.61. The van der Waals surface area contributed by atoms with Crippen molar-refractivity contribution in [3.63, 3.8) is 0 Å². The fourth-order valence-electron chi connectivity index (χ4n) is 1.82. The molecule has 5 heteroatoms. The van der Waals surface area contributed by atoms with Crippen molar-refractivity contribution >= 4 is 49.7 Å². The number of benzene rings is 2. The summed E-state index contributed by atoms with van der Waals surface area (Å²) >= 11 is 0. The Balaban J connectivity index is 0.00000180. The average Bonchev–Trinajstić information content (AvgIpc) is 2.38. The molecule has 0 aliphatic rings. The van der Waals surface area contributed by atoms with E-state index >= 15 is 0 Å². The molecule has 0 amide bonds. The first kappa shape index (κ1) is 15.7. The van der Waals surface area contributed by atoms with Crippen molar-refractivity contribution in [3.05, 3.63) is 59.7 Å². The van der Waals surface area contributed by atoms with Crippen LogP contribution in [-0.2, 0) is 0 Å². The maximum atomic E-state index is 11.3. The standard InChI is InChI=1S/C14H10O4.Ca.2H/c15-13(16)11-8-4-7-10(12(11)14(17)18)9-5-2-1-3-6-9;;;/h1-8H,(H,15,16)(H,17,18);;;. The second-order valence-corrected chi connectivity index (χ2v) is 3.70. The fraction of sp³-hybridized carbons (Fsp3) is 0. The zero-order chi connectivity index (χ0) is 13.1. The third kappa shape index (κ3) is 3.35. The van der Waals surface area contributed by atoms with E-state index in [-0.39, 0.29) is 48.9 Å². The molecule has 19 heavy (non-hydrogen) atoms. The van der Waals surface area contributed by atoms with Crippen LogP contribution in [0.5, 0.6) is 0 Å². The molecule has 0 heterocycles. The quantitative estimate of drug-likeness (QED) is 0.843. The van der Waals surface area contributed by atoms with Crippen molar-refractivity contribution in [1.29, 1.82) is 0 Å². The Morgan fingerprint density at radius 3 is 1.95 bits per heavy atom. The number of hydrogen-bond acceptors (Lipinski definition) is 2.